The van der Waals surface area contributed by atoms with Crippen molar-refractivity contribution in [1.29, 1.82) is 0 Å². The van der Waals surface area contributed by atoms with Crippen LogP contribution in [-0.2, 0) is 4.79 Å². The van der Waals surface area contributed by atoms with E-state index in [0.717, 1.165) is 32.5 Å². The van der Waals surface area contributed by atoms with Crippen LogP contribution < -0.4 is 5.32 Å². The van der Waals surface area contributed by atoms with Gasteiger partial charge in [0.1, 0.15) is 6.26 Å². The molecule has 2 heterocycles. The maximum absolute atomic E-state index is 12.3. The molecule has 0 spiro atoms. The van der Waals surface area contributed by atoms with Gasteiger partial charge in [0, 0.05) is 26.1 Å². The Morgan fingerprint density at radius 2 is 1.83 bits per heavy atom. The summed E-state index contributed by atoms with van der Waals surface area (Å²) in [5, 5.41) is 3.11. The van der Waals surface area contributed by atoms with Crippen LogP contribution in [-0.4, -0.2) is 36.3 Å². The van der Waals surface area contributed by atoms with Gasteiger partial charge in [-0.2, -0.15) is 0 Å². The third-order valence-electron chi connectivity index (χ3n) is 5.46. The number of furan rings is 1. The molecule has 0 radical (unpaired) electrons. The highest BCUT2D eigenvalue weighted by Gasteiger charge is 2.25. The maximum Gasteiger partial charge on any atom is 0.257 e. The van der Waals surface area contributed by atoms with E-state index in [1.165, 1.54) is 44.6 Å². The standard InChI is InChI=1S/C19H28N2O3/c22-18(12-15-4-2-1-3-5-15)20-13-16-6-9-21(10-7-16)19(23)17-8-11-24-14-17/h8,11,14-16H,1-7,9-10,12-13H2,(H,20,22). The molecule has 0 atom stereocenters. The van der Waals surface area contributed by atoms with Crippen molar-refractivity contribution in [1.82, 2.24) is 10.2 Å². The van der Waals surface area contributed by atoms with Crippen LogP contribution in [0.4, 0.5) is 0 Å². The summed E-state index contributed by atoms with van der Waals surface area (Å²) >= 11 is 0. The first kappa shape index (κ1) is 17.1. The van der Waals surface area contributed by atoms with Gasteiger partial charge in [-0.1, -0.05) is 19.3 Å². The molecule has 3 rings (SSSR count). The minimum Gasteiger partial charge on any atom is -0.472 e. The summed E-state index contributed by atoms with van der Waals surface area (Å²) in [6, 6.07) is 1.71. The Morgan fingerprint density at radius 1 is 1.08 bits per heavy atom. The van der Waals surface area contributed by atoms with Crippen LogP contribution >= 0.6 is 0 Å². The molecular formula is C19H28N2O3. The fraction of sp³-hybridized carbons (Fsp3) is 0.684. The Kier molecular flexibility index (Phi) is 5.94. The van der Waals surface area contributed by atoms with Crippen molar-refractivity contribution in [2.45, 2.75) is 51.4 Å². The van der Waals surface area contributed by atoms with E-state index in [-0.39, 0.29) is 11.8 Å². The number of nitrogens with zero attached hydrogens (tertiary/aromatic N) is 1. The molecule has 1 aliphatic heterocycles. The fourth-order valence-electron chi connectivity index (χ4n) is 3.89. The highest BCUT2D eigenvalue weighted by Crippen LogP contribution is 2.26. The third kappa shape index (κ3) is 4.62. The Hall–Kier alpha value is -1.78. The van der Waals surface area contributed by atoms with Gasteiger partial charge in [0.25, 0.3) is 5.91 Å². The summed E-state index contributed by atoms with van der Waals surface area (Å²) < 4.78 is 4.98. The fourth-order valence-corrected chi connectivity index (χ4v) is 3.89. The first-order chi connectivity index (χ1) is 11.7. The lowest BCUT2D eigenvalue weighted by Gasteiger charge is -2.32. The molecule has 24 heavy (non-hydrogen) atoms. The zero-order chi connectivity index (χ0) is 16.8. The highest BCUT2D eigenvalue weighted by atomic mass is 16.3. The number of amides is 2. The molecule has 0 aromatic carbocycles. The summed E-state index contributed by atoms with van der Waals surface area (Å²) in [7, 11) is 0. The Bertz CT molecular complexity index is 527. The number of hydrogen-bond acceptors (Lipinski definition) is 3. The normalized spacial score (nSPS) is 20.1. The first-order valence-electron chi connectivity index (χ1n) is 9.30. The van der Waals surface area contributed by atoms with Gasteiger partial charge in [0.05, 0.1) is 11.8 Å². The largest absolute Gasteiger partial charge is 0.472 e. The van der Waals surface area contributed by atoms with Crippen molar-refractivity contribution in [3.05, 3.63) is 24.2 Å². The second-order valence-corrected chi connectivity index (χ2v) is 7.26. The summed E-state index contributed by atoms with van der Waals surface area (Å²) in [4.78, 5) is 26.2. The lowest BCUT2D eigenvalue weighted by Crippen LogP contribution is -2.41. The summed E-state index contributed by atoms with van der Waals surface area (Å²) in [5.41, 5.74) is 0.620. The molecule has 2 aliphatic rings. The molecule has 0 bridgehead atoms. The molecule has 1 saturated heterocycles. The van der Waals surface area contributed by atoms with Crippen molar-refractivity contribution in [3.63, 3.8) is 0 Å². The lowest BCUT2D eigenvalue weighted by molar-refractivity contribution is -0.122. The molecule has 1 aliphatic carbocycles. The van der Waals surface area contributed by atoms with Crippen molar-refractivity contribution < 1.29 is 14.0 Å². The van der Waals surface area contributed by atoms with Gasteiger partial charge >= 0.3 is 0 Å². The number of rotatable bonds is 5. The van der Waals surface area contributed by atoms with Crippen LogP contribution in [0.15, 0.2) is 23.0 Å². The van der Waals surface area contributed by atoms with Crippen LogP contribution in [0.5, 0.6) is 0 Å². The van der Waals surface area contributed by atoms with E-state index in [1.807, 2.05) is 4.90 Å². The lowest BCUT2D eigenvalue weighted by atomic mass is 9.87. The first-order valence-corrected chi connectivity index (χ1v) is 9.30. The zero-order valence-corrected chi connectivity index (χ0v) is 14.3. The van der Waals surface area contributed by atoms with E-state index < -0.39 is 0 Å². The average Bonchev–Trinajstić information content (AvgIpc) is 3.15. The quantitative estimate of drug-likeness (QED) is 0.900. The molecule has 2 fully saturated rings. The molecule has 1 saturated carbocycles. The van der Waals surface area contributed by atoms with E-state index in [1.54, 1.807) is 6.07 Å². The second kappa shape index (κ2) is 8.36. The topological polar surface area (TPSA) is 62.6 Å². The van der Waals surface area contributed by atoms with Crippen molar-refractivity contribution in [2.75, 3.05) is 19.6 Å². The Morgan fingerprint density at radius 3 is 2.50 bits per heavy atom. The highest BCUT2D eigenvalue weighted by molar-refractivity contribution is 5.93. The van der Waals surface area contributed by atoms with Crippen LogP contribution in [0.1, 0.15) is 61.7 Å². The summed E-state index contributed by atoms with van der Waals surface area (Å²) in [5.74, 6) is 1.32. The van der Waals surface area contributed by atoms with Crippen molar-refractivity contribution in [2.24, 2.45) is 11.8 Å². The Labute approximate surface area is 143 Å². The van der Waals surface area contributed by atoms with E-state index in [4.69, 9.17) is 4.42 Å². The van der Waals surface area contributed by atoms with Gasteiger partial charge in [-0.3, -0.25) is 9.59 Å². The number of carbonyl (C=O) groups is 2. The predicted molar refractivity (Wildman–Crippen MR) is 91.5 cm³/mol. The smallest absolute Gasteiger partial charge is 0.257 e. The average molecular weight is 332 g/mol. The van der Waals surface area contributed by atoms with E-state index in [9.17, 15) is 9.59 Å². The maximum atomic E-state index is 12.3. The molecule has 1 aromatic rings. The van der Waals surface area contributed by atoms with Crippen LogP contribution in [0.3, 0.4) is 0 Å². The minimum atomic E-state index is 0.0449. The van der Waals surface area contributed by atoms with Crippen LogP contribution in [0.25, 0.3) is 0 Å². The number of likely N-dealkylation sites (tertiary alicyclic amines) is 1. The molecular weight excluding hydrogens is 304 g/mol. The van der Waals surface area contributed by atoms with Crippen molar-refractivity contribution >= 4 is 11.8 Å². The van der Waals surface area contributed by atoms with Crippen LogP contribution in [0, 0.1) is 11.8 Å². The van der Waals surface area contributed by atoms with Gasteiger partial charge in [0.15, 0.2) is 0 Å². The predicted octanol–water partition coefficient (Wildman–Crippen LogP) is 3.22. The molecule has 132 valence electrons. The van der Waals surface area contributed by atoms with Crippen LogP contribution in [0.2, 0.25) is 0 Å². The summed E-state index contributed by atoms with van der Waals surface area (Å²) in [6.07, 6.45) is 11.9. The van der Waals surface area contributed by atoms with Crippen molar-refractivity contribution in [3.8, 4) is 0 Å². The zero-order valence-electron chi connectivity index (χ0n) is 14.3. The number of carbonyl (C=O) groups excluding carboxylic acids is 2. The number of piperidine rings is 1. The van der Waals surface area contributed by atoms with Gasteiger partial charge in [-0.05, 0) is 43.6 Å². The van der Waals surface area contributed by atoms with E-state index >= 15 is 0 Å². The molecule has 5 nitrogen and oxygen atoms in total. The Balaban J connectivity index is 1.35. The van der Waals surface area contributed by atoms with Gasteiger partial charge in [-0.25, -0.2) is 0 Å². The van der Waals surface area contributed by atoms with Gasteiger partial charge in [0.2, 0.25) is 5.91 Å². The van der Waals surface area contributed by atoms with E-state index in [0.29, 0.717) is 23.8 Å². The monoisotopic (exact) mass is 332 g/mol. The minimum absolute atomic E-state index is 0.0449. The van der Waals surface area contributed by atoms with Gasteiger partial charge in [-0.15, -0.1) is 0 Å². The molecule has 2 amide bonds. The molecule has 1 aromatic heterocycles. The molecule has 0 unspecified atom stereocenters. The SMILES string of the molecule is O=C(CC1CCCCC1)NCC1CCN(C(=O)c2ccoc2)CC1. The molecule has 1 N–H and O–H groups in total. The molecule has 5 heteroatoms. The number of nitrogens with one attached hydrogen (secondary N) is 1. The second-order valence-electron chi connectivity index (χ2n) is 7.26. The number of hydrogen-bond donors (Lipinski definition) is 1. The van der Waals surface area contributed by atoms with E-state index in [2.05, 4.69) is 5.32 Å². The third-order valence-corrected chi connectivity index (χ3v) is 5.46. The summed E-state index contributed by atoms with van der Waals surface area (Å²) in [6.45, 7) is 2.26. The van der Waals surface area contributed by atoms with Gasteiger partial charge < -0.3 is 14.6 Å².